The highest BCUT2D eigenvalue weighted by atomic mass is 19.1. The number of hydrogen-bond donors (Lipinski definition) is 1. The first-order valence-corrected chi connectivity index (χ1v) is 6.35. The van der Waals surface area contributed by atoms with Crippen molar-refractivity contribution in [2.45, 2.75) is 19.5 Å². The molecule has 0 heterocycles. The van der Waals surface area contributed by atoms with Crippen LogP contribution in [-0.4, -0.2) is 44.9 Å². The van der Waals surface area contributed by atoms with Crippen molar-refractivity contribution in [1.82, 2.24) is 4.90 Å². The van der Waals surface area contributed by atoms with Crippen molar-refractivity contribution in [2.24, 2.45) is 0 Å². The van der Waals surface area contributed by atoms with Gasteiger partial charge >= 0.3 is 0 Å². The van der Waals surface area contributed by atoms with Crippen LogP contribution in [0.3, 0.4) is 0 Å². The summed E-state index contributed by atoms with van der Waals surface area (Å²) in [4.78, 5) is 2.10. The third kappa shape index (κ3) is 4.78. The smallest absolute Gasteiger partial charge is 0.129 e. The van der Waals surface area contributed by atoms with Crippen LogP contribution in [-0.2, 0) is 16.0 Å². The molecule has 0 aliphatic carbocycles. The number of rotatable bonds is 8. The first kappa shape index (κ1) is 15.9. The van der Waals surface area contributed by atoms with E-state index < -0.39 is 0 Å². The number of anilines is 1. The van der Waals surface area contributed by atoms with E-state index in [2.05, 4.69) is 4.90 Å². The van der Waals surface area contributed by atoms with E-state index in [9.17, 15) is 4.39 Å². The molecular formula is C14H23FN2O2. The zero-order valence-electron chi connectivity index (χ0n) is 11.9. The Morgan fingerprint density at radius 1 is 1.32 bits per heavy atom. The fourth-order valence-corrected chi connectivity index (χ4v) is 1.96. The van der Waals surface area contributed by atoms with Crippen LogP contribution in [0, 0.1) is 5.82 Å². The molecule has 0 radical (unpaired) electrons. The first-order valence-electron chi connectivity index (χ1n) is 6.35. The van der Waals surface area contributed by atoms with Gasteiger partial charge in [-0.2, -0.15) is 0 Å². The minimum Gasteiger partial charge on any atom is -0.398 e. The fraction of sp³-hybridized carbons (Fsp3) is 0.571. The van der Waals surface area contributed by atoms with E-state index in [1.54, 1.807) is 26.4 Å². The largest absolute Gasteiger partial charge is 0.398 e. The Hall–Kier alpha value is -1.17. The van der Waals surface area contributed by atoms with E-state index in [-0.39, 0.29) is 11.9 Å². The molecule has 0 saturated heterocycles. The zero-order chi connectivity index (χ0) is 14.3. The highest BCUT2D eigenvalue weighted by molar-refractivity contribution is 5.47. The van der Waals surface area contributed by atoms with Crippen molar-refractivity contribution in [3.05, 3.63) is 29.6 Å². The van der Waals surface area contributed by atoms with Crippen LogP contribution in [0.2, 0.25) is 0 Å². The first-order chi connectivity index (χ1) is 9.10. The molecule has 2 N–H and O–H groups in total. The molecule has 0 aromatic heterocycles. The van der Waals surface area contributed by atoms with E-state index in [1.807, 2.05) is 6.92 Å². The lowest BCUT2D eigenvalue weighted by Gasteiger charge is -2.29. The molecule has 1 atom stereocenters. The van der Waals surface area contributed by atoms with Gasteiger partial charge in [-0.05, 0) is 19.1 Å². The summed E-state index contributed by atoms with van der Waals surface area (Å²) in [5.41, 5.74) is 6.85. The molecule has 0 aliphatic heterocycles. The van der Waals surface area contributed by atoms with Gasteiger partial charge in [0.05, 0.1) is 13.2 Å². The second-order valence-electron chi connectivity index (χ2n) is 4.58. The molecule has 0 aliphatic rings. The Balaban J connectivity index is 2.81. The molecule has 0 fully saturated rings. The standard InChI is InChI=1S/C14H23FN2O2/c1-11(10-19-3)17(7-8-18-2)9-12-13(15)5-4-6-14(12)16/h4-6,11H,7-10,16H2,1-3H3. The Morgan fingerprint density at radius 2 is 2.05 bits per heavy atom. The number of nitrogen functional groups attached to an aromatic ring is 1. The molecule has 1 rings (SSSR count). The average molecular weight is 270 g/mol. The molecule has 0 amide bonds. The molecular weight excluding hydrogens is 247 g/mol. The second-order valence-corrected chi connectivity index (χ2v) is 4.58. The number of benzene rings is 1. The maximum absolute atomic E-state index is 13.8. The van der Waals surface area contributed by atoms with Gasteiger partial charge < -0.3 is 15.2 Å². The molecule has 1 unspecified atom stereocenters. The lowest BCUT2D eigenvalue weighted by atomic mass is 10.1. The Morgan fingerprint density at radius 3 is 2.63 bits per heavy atom. The second kappa shape index (κ2) is 8.09. The molecule has 4 nitrogen and oxygen atoms in total. The molecule has 0 saturated carbocycles. The van der Waals surface area contributed by atoms with E-state index in [0.29, 0.717) is 37.6 Å². The number of ether oxygens (including phenoxy) is 2. The maximum Gasteiger partial charge on any atom is 0.129 e. The Bertz CT molecular complexity index is 367. The topological polar surface area (TPSA) is 47.7 Å². The summed E-state index contributed by atoms with van der Waals surface area (Å²) in [5.74, 6) is -0.271. The number of nitrogens with two attached hydrogens (primary N) is 1. The van der Waals surface area contributed by atoms with Gasteiger partial charge in [-0.25, -0.2) is 4.39 Å². The average Bonchev–Trinajstić information content (AvgIpc) is 2.37. The fourth-order valence-electron chi connectivity index (χ4n) is 1.96. The van der Waals surface area contributed by atoms with E-state index >= 15 is 0 Å². The van der Waals surface area contributed by atoms with Crippen LogP contribution in [0.1, 0.15) is 12.5 Å². The lowest BCUT2D eigenvalue weighted by molar-refractivity contribution is 0.0700. The van der Waals surface area contributed by atoms with Crippen LogP contribution in [0.15, 0.2) is 18.2 Å². The molecule has 108 valence electrons. The predicted octanol–water partition coefficient (Wildman–Crippen LogP) is 1.89. The summed E-state index contributed by atoms with van der Waals surface area (Å²) < 4.78 is 24.1. The quantitative estimate of drug-likeness (QED) is 0.733. The summed E-state index contributed by atoms with van der Waals surface area (Å²) in [7, 11) is 3.30. The van der Waals surface area contributed by atoms with E-state index in [0.717, 1.165) is 0 Å². The zero-order valence-corrected chi connectivity index (χ0v) is 11.9. The summed E-state index contributed by atoms with van der Waals surface area (Å²) in [6, 6.07) is 4.93. The SMILES string of the molecule is COCCN(Cc1c(N)cccc1F)C(C)COC. The van der Waals surface area contributed by atoms with Gasteiger partial charge in [0, 0.05) is 44.6 Å². The van der Waals surface area contributed by atoms with Crippen LogP contribution < -0.4 is 5.73 Å². The summed E-state index contributed by atoms with van der Waals surface area (Å²) in [6.45, 7) is 4.36. The third-order valence-electron chi connectivity index (χ3n) is 3.13. The summed E-state index contributed by atoms with van der Waals surface area (Å²) in [6.07, 6.45) is 0. The summed E-state index contributed by atoms with van der Waals surface area (Å²) >= 11 is 0. The molecule has 1 aromatic carbocycles. The van der Waals surface area contributed by atoms with Crippen LogP contribution in [0.5, 0.6) is 0 Å². The molecule has 0 spiro atoms. The van der Waals surface area contributed by atoms with Gasteiger partial charge in [0.25, 0.3) is 0 Å². The van der Waals surface area contributed by atoms with Crippen molar-refractivity contribution in [1.29, 1.82) is 0 Å². The maximum atomic E-state index is 13.8. The van der Waals surface area contributed by atoms with Crippen molar-refractivity contribution >= 4 is 5.69 Å². The van der Waals surface area contributed by atoms with Gasteiger partial charge in [-0.1, -0.05) is 6.07 Å². The minimum absolute atomic E-state index is 0.166. The third-order valence-corrected chi connectivity index (χ3v) is 3.13. The Labute approximate surface area is 114 Å². The van der Waals surface area contributed by atoms with E-state index in [1.165, 1.54) is 6.07 Å². The summed E-state index contributed by atoms with van der Waals surface area (Å²) in [5, 5.41) is 0. The molecule has 5 heteroatoms. The number of hydrogen-bond acceptors (Lipinski definition) is 4. The Kier molecular flexibility index (Phi) is 6.77. The van der Waals surface area contributed by atoms with Gasteiger partial charge in [0.1, 0.15) is 5.82 Å². The monoisotopic (exact) mass is 270 g/mol. The predicted molar refractivity (Wildman–Crippen MR) is 74.4 cm³/mol. The van der Waals surface area contributed by atoms with Gasteiger partial charge in [-0.15, -0.1) is 0 Å². The van der Waals surface area contributed by atoms with E-state index in [4.69, 9.17) is 15.2 Å². The van der Waals surface area contributed by atoms with Crippen molar-refractivity contribution < 1.29 is 13.9 Å². The van der Waals surface area contributed by atoms with Crippen molar-refractivity contribution in [3.8, 4) is 0 Å². The highest BCUT2D eigenvalue weighted by Gasteiger charge is 2.17. The van der Waals surface area contributed by atoms with Crippen molar-refractivity contribution in [3.63, 3.8) is 0 Å². The molecule has 19 heavy (non-hydrogen) atoms. The van der Waals surface area contributed by atoms with Crippen LogP contribution in [0.4, 0.5) is 10.1 Å². The number of nitrogens with zero attached hydrogens (tertiary/aromatic N) is 1. The number of methoxy groups -OCH3 is 2. The van der Waals surface area contributed by atoms with Gasteiger partial charge in [-0.3, -0.25) is 4.90 Å². The highest BCUT2D eigenvalue weighted by Crippen LogP contribution is 2.19. The van der Waals surface area contributed by atoms with Crippen molar-refractivity contribution in [2.75, 3.05) is 39.7 Å². The normalized spacial score (nSPS) is 12.9. The molecule has 0 bridgehead atoms. The lowest BCUT2D eigenvalue weighted by Crippen LogP contribution is -2.38. The van der Waals surface area contributed by atoms with Gasteiger partial charge in [0.2, 0.25) is 0 Å². The minimum atomic E-state index is -0.271. The van der Waals surface area contributed by atoms with Gasteiger partial charge in [0.15, 0.2) is 0 Å². The van der Waals surface area contributed by atoms with Crippen LogP contribution in [0.25, 0.3) is 0 Å². The molecule has 1 aromatic rings. The van der Waals surface area contributed by atoms with Crippen LogP contribution >= 0.6 is 0 Å². The number of halogens is 1.